The Hall–Kier alpha value is -2.47. The number of nitrogens with zero attached hydrogens (tertiary/aromatic N) is 3. The first-order valence-corrected chi connectivity index (χ1v) is 7.69. The van der Waals surface area contributed by atoms with Crippen molar-refractivity contribution in [1.82, 2.24) is 9.47 Å². The van der Waals surface area contributed by atoms with Gasteiger partial charge in [-0.05, 0) is 13.0 Å². The lowest BCUT2D eigenvalue weighted by Crippen LogP contribution is -2.38. The number of carbonyl (C=O) groups excluding carboxylic acids is 2. The van der Waals surface area contributed by atoms with Gasteiger partial charge in [-0.15, -0.1) is 11.3 Å². The quantitative estimate of drug-likeness (QED) is 0.852. The SMILES string of the molecule is C=C1c2ccccc2C(=O)N1C(C)C(=O)N=c1sccn1C. The van der Waals surface area contributed by atoms with Crippen molar-refractivity contribution in [3.8, 4) is 0 Å². The molecule has 1 aliphatic heterocycles. The monoisotopic (exact) mass is 313 g/mol. The van der Waals surface area contributed by atoms with Crippen LogP contribution in [-0.2, 0) is 11.8 Å². The van der Waals surface area contributed by atoms with E-state index in [9.17, 15) is 9.59 Å². The van der Waals surface area contributed by atoms with Gasteiger partial charge in [0.1, 0.15) is 6.04 Å². The Morgan fingerprint density at radius 1 is 1.32 bits per heavy atom. The number of fused-ring (bicyclic) bond motifs is 1. The van der Waals surface area contributed by atoms with Gasteiger partial charge in [0, 0.05) is 35.4 Å². The number of aromatic nitrogens is 1. The van der Waals surface area contributed by atoms with Crippen molar-refractivity contribution in [2.45, 2.75) is 13.0 Å². The molecule has 1 atom stereocenters. The topological polar surface area (TPSA) is 54.7 Å². The number of carbonyl (C=O) groups is 2. The van der Waals surface area contributed by atoms with Crippen molar-refractivity contribution >= 4 is 28.8 Å². The van der Waals surface area contributed by atoms with Crippen LogP contribution in [0, 0.1) is 0 Å². The zero-order valence-corrected chi connectivity index (χ0v) is 13.1. The Bertz CT molecular complexity index is 812. The molecule has 0 spiro atoms. The Balaban J connectivity index is 1.93. The number of hydrogen-bond acceptors (Lipinski definition) is 3. The molecule has 2 amide bonds. The highest BCUT2D eigenvalue weighted by Gasteiger charge is 2.36. The third-order valence-corrected chi connectivity index (χ3v) is 4.54. The van der Waals surface area contributed by atoms with Gasteiger partial charge in [0.05, 0.1) is 0 Å². The molecule has 5 nitrogen and oxygen atoms in total. The lowest BCUT2D eigenvalue weighted by molar-refractivity contribution is -0.121. The van der Waals surface area contributed by atoms with Crippen molar-refractivity contribution in [2.75, 3.05) is 0 Å². The maximum atomic E-state index is 12.5. The highest BCUT2D eigenvalue weighted by atomic mass is 32.1. The molecule has 1 aromatic heterocycles. The minimum atomic E-state index is -0.686. The number of rotatable bonds is 2. The zero-order chi connectivity index (χ0) is 15.9. The highest BCUT2D eigenvalue weighted by Crippen LogP contribution is 2.32. The molecule has 0 radical (unpaired) electrons. The van der Waals surface area contributed by atoms with Crippen LogP contribution in [0.15, 0.2) is 47.4 Å². The number of aryl methyl sites for hydroxylation is 1. The molecule has 1 aliphatic rings. The van der Waals surface area contributed by atoms with Crippen LogP contribution in [0.4, 0.5) is 0 Å². The van der Waals surface area contributed by atoms with Crippen LogP contribution >= 0.6 is 11.3 Å². The lowest BCUT2D eigenvalue weighted by Gasteiger charge is -2.22. The van der Waals surface area contributed by atoms with Crippen LogP contribution in [0.3, 0.4) is 0 Å². The van der Waals surface area contributed by atoms with E-state index < -0.39 is 6.04 Å². The van der Waals surface area contributed by atoms with Gasteiger partial charge in [-0.3, -0.25) is 14.5 Å². The van der Waals surface area contributed by atoms with E-state index in [1.54, 1.807) is 23.6 Å². The second-order valence-corrected chi connectivity index (χ2v) is 5.96. The van der Waals surface area contributed by atoms with Crippen molar-refractivity contribution in [1.29, 1.82) is 0 Å². The minimum Gasteiger partial charge on any atom is -0.327 e. The molecule has 0 saturated heterocycles. The molecule has 0 saturated carbocycles. The second kappa shape index (κ2) is 5.38. The largest absolute Gasteiger partial charge is 0.327 e. The van der Waals surface area contributed by atoms with Gasteiger partial charge in [0.2, 0.25) is 0 Å². The summed E-state index contributed by atoms with van der Waals surface area (Å²) in [4.78, 5) is 31.0. The summed E-state index contributed by atoms with van der Waals surface area (Å²) in [6.45, 7) is 5.63. The molecule has 2 aromatic rings. The van der Waals surface area contributed by atoms with Gasteiger partial charge >= 0.3 is 0 Å². The first-order valence-electron chi connectivity index (χ1n) is 6.81. The summed E-state index contributed by atoms with van der Waals surface area (Å²) in [6.07, 6.45) is 1.83. The average Bonchev–Trinajstić information content (AvgIpc) is 3.02. The Labute approximate surface area is 131 Å². The predicted molar refractivity (Wildman–Crippen MR) is 85.0 cm³/mol. The summed E-state index contributed by atoms with van der Waals surface area (Å²) >= 11 is 1.38. The molecule has 1 aromatic carbocycles. The van der Waals surface area contributed by atoms with E-state index in [0.717, 1.165) is 5.56 Å². The summed E-state index contributed by atoms with van der Waals surface area (Å²) in [5.41, 5.74) is 1.90. The van der Waals surface area contributed by atoms with Gasteiger partial charge in [-0.1, -0.05) is 24.8 Å². The van der Waals surface area contributed by atoms with Crippen molar-refractivity contribution in [3.05, 3.63) is 58.3 Å². The number of hydrogen-bond donors (Lipinski definition) is 0. The first kappa shape index (κ1) is 14.5. The summed E-state index contributed by atoms with van der Waals surface area (Å²) in [7, 11) is 1.82. The van der Waals surface area contributed by atoms with Crippen LogP contribution in [0.25, 0.3) is 5.70 Å². The maximum Gasteiger partial charge on any atom is 0.271 e. The molecule has 0 bridgehead atoms. The van der Waals surface area contributed by atoms with E-state index >= 15 is 0 Å². The maximum absolute atomic E-state index is 12.5. The average molecular weight is 313 g/mol. The van der Waals surface area contributed by atoms with Crippen LogP contribution in [-0.4, -0.2) is 27.3 Å². The molecule has 0 aliphatic carbocycles. The standard InChI is InChI=1S/C16H15N3O2S/c1-10-12-6-4-5-7-13(12)15(21)19(10)11(2)14(20)17-16-18(3)8-9-22-16/h4-9,11H,1H2,2-3H3. The molecule has 3 rings (SSSR count). The number of thiazole rings is 1. The lowest BCUT2D eigenvalue weighted by atomic mass is 10.1. The van der Waals surface area contributed by atoms with Crippen LogP contribution in [0.1, 0.15) is 22.8 Å². The van der Waals surface area contributed by atoms with Gasteiger partial charge in [0.25, 0.3) is 11.8 Å². The molecule has 2 heterocycles. The van der Waals surface area contributed by atoms with Gasteiger partial charge in [-0.2, -0.15) is 4.99 Å². The van der Waals surface area contributed by atoms with Gasteiger partial charge in [0.15, 0.2) is 4.80 Å². The third kappa shape index (κ3) is 2.21. The summed E-state index contributed by atoms with van der Waals surface area (Å²) in [6, 6.07) is 6.55. The zero-order valence-electron chi connectivity index (χ0n) is 12.3. The van der Waals surface area contributed by atoms with E-state index in [1.165, 1.54) is 16.2 Å². The Kier molecular flexibility index (Phi) is 3.54. The minimum absolute atomic E-state index is 0.202. The van der Waals surface area contributed by atoms with E-state index in [1.807, 2.05) is 30.8 Å². The first-order chi connectivity index (χ1) is 10.5. The molecule has 22 heavy (non-hydrogen) atoms. The summed E-state index contributed by atoms with van der Waals surface area (Å²) < 4.78 is 1.77. The summed E-state index contributed by atoms with van der Waals surface area (Å²) in [5.74, 6) is -0.562. The summed E-state index contributed by atoms with van der Waals surface area (Å²) in [5, 5.41) is 1.85. The smallest absolute Gasteiger partial charge is 0.271 e. The fourth-order valence-electron chi connectivity index (χ4n) is 2.45. The van der Waals surface area contributed by atoms with Crippen molar-refractivity contribution in [3.63, 3.8) is 0 Å². The van der Waals surface area contributed by atoms with Crippen molar-refractivity contribution in [2.24, 2.45) is 12.0 Å². The number of benzene rings is 1. The Morgan fingerprint density at radius 3 is 2.59 bits per heavy atom. The second-order valence-electron chi connectivity index (χ2n) is 5.09. The molecule has 0 fully saturated rings. The van der Waals surface area contributed by atoms with Crippen molar-refractivity contribution < 1.29 is 9.59 Å². The van der Waals surface area contributed by atoms with Crippen LogP contribution in [0.5, 0.6) is 0 Å². The fourth-order valence-corrected chi connectivity index (χ4v) is 3.18. The fraction of sp³-hybridized carbons (Fsp3) is 0.188. The van der Waals surface area contributed by atoms with E-state index in [-0.39, 0.29) is 11.8 Å². The number of amides is 2. The molecule has 1 unspecified atom stereocenters. The molecular weight excluding hydrogens is 298 g/mol. The molecule has 0 N–H and O–H groups in total. The van der Waals surface area contributed by atoms with E-state index in [0.29, 0.717) is 16.1 Å². The Morgan fingerprint density at radius 2 is 2.00 bits per heavy atom. The van der Waals surface area contributed by atoms with E-state index in [4.69, 9.17) is 0 Å². The van der Waals surface area contributed by atoms with Crippen LogP contribution < -0.4 is 4.80 Å². The molecule has 6 heteroatoms. The third-order valence-electron chi connectivity index (χ3n) is 3.69. The normalized spacial score (nSPS) is 16.1. The molecule has 112 valence electrons. The van der Waals surface area contributed by atoms with E-state index in [2.05, 4.69) is 11.6 Å². The van der Waals surface area contributed by atoms with Gasteiger partial charge < -0.3 is 4.57 Å². The molecular formula is C16H15N3O2S. The highest BCUT2D eigenvalue weighted by molar-refractivity contribution is 7.07. The van der Waals surface area contributed by atoms with Gasteiger partial charge in [-0.25, -0.2) is 0 Å². The predicted octanol–water partition coefficient (Wildman–Crippen LogP) is 2.03. The van der Waals surface area contributed by atoms with Crippen LogP contribution in [0.2, 0.25) is 0 Å².